The summed E-state index contributed by atoms with van der Waals surface area (Å²) in [5.74, 6) is 0. The molecule has 1 aromatic carbocycles. The summed E-state index contributed by atoms with van der Waals surface area (Å²) in [4.78, 5) is 2.32. The van der Waals surface area contributed by atoms with Gasteiger partial charge in [0.2, 0.25) is 0 Å². The lowest BCUT2D eigenvalue weighted by Gasteiger charge is -2.24. The topological polar surface area (TPSA) is 33.7 Å². The van der Waals surface area contributed by atoms with Crippen LogP contribution in [0.15, 0.2) is 22.7 Å². The molecule has 0 atom stereocenters. The summed E-state index contributed by atoms with van der Waals surface area (Å²) in [6, 6.07) is 6.52. The van der Waals surface area contributed by atoms with Crippen molar-refractivity contribution in [1.29, 1.82) is 0 Å². The van der Waals surface area contributed by atoms with E-state index in [2.05, 4.69) is 51.3 Å². The van der Waals surface area contributed by atoms with E-state index in [1.807, 2.05) is 6.92 Å². The molecule has 5 heteroatoms. The second-order valence-electron chi connectivity index (χ2n) is 4.73. The number of likely N-dealkylation sites (N-methyl/N-ethyl adjacent to an activating group) is 1. The number of nitrogens with one attached hydrogen (secondary N) is 1. The Morgan fingerprint density at radius 2 is 2.05 bits per heavy atom. The van der Waals surface area contributed by atoms with Crippen molar-refractivity contribution in [2.75, 3.05) is 51.5 Å². The first-order chi connectivity index (χ1) is 10.2. The summed E-state index contributed by atoms with van der Waals surface area (Å²) in [7, 11) is 1.72. The third kappa shape index (κ3) is 6.78. The van der Waals surface area contributed by atoms with Crippen LogP contribution in [0, 0.1) is 0 Å². The summed E-state index contributed by atoms with van der Waals surface area (Å²) in [6.45, 7) is 10.1. The molecular formula is C16H27BrN2O2. The first-order valence-corrected chi connectivity index (χ1v) is 8.33. The average molecular weight is 359 g/mol. The fourth-order valence-electron chi connectivity index (χ4n) is 2.09. The number of rotatable bonds is 11. The van der Waals surface area contributed by atoms with E-state index < -0.39 is 0 Å². The highest BCUT2D eigenvalue weighted by Gasteiger charge is 2.09. The van der Waals surface area contributed by atoms with Gasteiger partial charge < -0.3 is 19.7 Å². The molecule has 0 amide bonds. The highest BCUT2D eigenvalue weighted by molar-refractivity contribution is 9.10. The number of ether oxygens (including phenoxy) is 2. The Bertz CT molecular complexity index is 402. The highest BCUT2D eigenvalue weighted by atomic mass is 79.9. The maximum absolute atomic E-state index is 5.45. The van der Waals surface area contributed by atoms with Crippen molar-refractivity contribution in [1.82, 2.24) is 5.32 Å². The largest absolute Gasteiger partial charge is 0.383 e. The lowest BCUT2D eigenvalue weighted by atomic mass is 10.2. The molecule has 21 heavy (non-hydrogen) atoms. The summed E-state index contributed by atoms with van der Waals surface area (Å²) in [5.41, 5.74) is 2.49. The van der Waals surface area contributed by atoms with Crippen LogP contribution in [-0.4, -0.2) is 46.6 Å². The number of benzene rings is 1. The molecule has 1 aromatic rings. The fraction of sp³-hybridized carbons (Fsp3) is 0.625. The Balaban J connectivity index is 2.58. The molecular weight excluding hydrogens is 332 g/mol. The van der Waals surface area contributed by atoms with Crippen LogP contribution < -0.4 is 10.2 Å². The average Bonchev–Trinajstić information content (AvgIpc) is 2.49. The van der Waals surface area contributed by atoms with Gasteiger partial charge in [0.15, 0.2) is 0 Å². The van der Waals surface area contributed by atoms with Gasteiger partial charge in [0.25, 0.3) is 0 Å². The summed E-state index contributed by atoms with van der Waals surface area (Å²) < 4.78 is 11.6. The van der Waals surface area contributed by atoms with Gasteiger partial charge in [-0.1, -0.05) is 6.07 Å². The van der Waals surface area contributed by atoms with Crippen LogP contribution in [0.5, 0.6) is 0 Å². The van der Waals surface area contributed by atoms with Crippen molar-refractivity contribution in [2.24, 2.45) is 0 Å². The number of hydrogen-bond acceptors (Lipinski definition) is 4. The number of nitrogens with zero attached hydrogens (tertiary/aromatic N) is 1. The van der Waals surface area contributed by atoms with Gasteiger partial charge in [-0.05, 0) is 47.5 Å². The predicted molar refractivity (Wildman–Crippen MR) is 92.1 cm³/mol. The van der Waals surface area contributed by atoms with Gasteiger partial charge in [-0.3, -0.25) is 0 Å². The van der Waals surface area contributed by atoms with Gasteiger partial charge in [-0.15, -0.1) is 0 Å². The van der Waals surface area contributed by atoms with Crippen molar-refractivity contribution in [2.45, 2.75) is 20.4 Å². The van der Waals surface area contributed by atoms with E-state index in [0.29, 0.717) is 0 Å². The molecule has 4 nitrogen and oxygen atoms in total. The summed E-state index contributed by atoms with van der Waals surface area (Å²) in [6.07, 6.45) is 0. The molecule has 0 bridgehead atoms. The van der Waals surface area contributed by atoms with Gasteiger partial charge in [-0.25, -0.2) is 0 Å². The zero-order chi connectivity index (χ0) is 15.5. The van der Waals surface area contributed by atoms with Gasteiger partial charge >= 0.3 is 0 Å². The number of anilines is 1. The van der Waals surface area contributed by atoms with Crippen molar-refractivity contribution >= 4 is 21.6 Å². The van der Waals surface area contributed by atoms with Gasteiger partial charge in [0.05, 0.1) is 18.9 Å². The third-order valence-corrected chi connectivity index (χ3v) is 3.89. The van der Waals surface area contributed by atoms with Crippen LogP contribution in [0.25, 0.3) is 0 Å². The van der Waals surface area contributed by atoms with Gasteiger partial charge in [0, 0.05) is 44.4 Å². The molecule has 0 aliphatic heterocycles. The van der Waals surface area contributed by atoms with E-state index in [1.54, 1.807) is 7.11 Å². The van der Waals surface area contributed by atoms with E-state index in [0.717, 1.165) is 50.5 Å². The normalized spacial score (nSPS) is 10.9. The Hall–Kier alpha value is -0.620. The number of halogens is 1. The highest BCUT2D eigenvalue weighted by Crippen LogP contribution is 2.27. The van der Waals surface area contributed by atoms with E-state index >= 15 is 0 Å². The SMILES string of the molecule is CCOCCN(CC)c1ccc(CNCCOC)cc1Br. The van der Waals surface area contributed by atoms with Crippen molar-refractivity contribution in [3.05, 3.63) is 28.2 Å². The Morgan fingerprint density at radius 1 is 1.24 bits per heavy atom. The Labute approximate surface area is 136 Å². The zero-order valence-electron chi connectivity index (χ0n) is 13.3. The standard InChI is InChI=1S/C16H27BrN2O2/c1-4-19(9-11-21-5-2)16-7-6-14(12-15(16)17)13-18-8-10-20-3/h6-7,12,18H,4-5,8-11,13H2,1-3H3. The number of methoxy groups -OCH3 is 1. The molecule has 0 fully saturated rings. The third-order valence-electron chi connectivity index (χ3n) is 3.26. The Morgan fingerprint density at radius 3 is 2.67 bits per heavy atom. The van der Waals surface area contributed by atoms with Gasteiger partial charge in [0.1, 0.15) is 0 Å². The fourth-order valence-corrected chi connectivity index (χ4v) is 2.77. The maximum atomic E-state index is 5.45. The molecule has 0 aliphatic rings. The minimum absolute atomic E-state index is 0.736. The lowest BCUT2D eigenvalue weighted by Crippen LogP contribution is -2.27. The first-order valence-electron chi connectivity index (χ1n) is 7.53. The van der Waals surface area contributed by atoms with Crippen molar-refractivity contribution in [3.63, 3.8) is 0 Å². The van der Waals surface area contributed by atoms with Crippen LogP contribution in [0.4, 0.5) is 5.69 Å². The van der Waals surface area contributed by atoms with Crippen LogP contribution >= 0.6 is 15.9 Å². The van der Waals surface area contributed by atoms with Gasteiger partial charge in [-0.2, -0.15) is 0 Å². The zero-order valence-corrected chi connectivity index (χ0v) is 14.9. The monoisotopic (exact) mass is 358 g/mol. The molecule has 0 heterocycles. The molecule has 0 saturated heterocycles. The molecule has 0 aromatic heterocycles. The molecule has 1 N–H and O–H groups in total. The molecule has 0 radical (unpaired) electrons. The van der Waals surface area contributed by atoms with Crippen LogP contribution in [-0.2, 0) is 16.0 Å². The summed E-state index contributed by atoms with van der Waals surface area (Å²) in [5, 5.41) is 3.35. The second-order valence-corrected chi connectivity index (χ2v) is 5.59. The van der Waals surface area contributed by atoms with E-state index in [4.69, 9.17) is 9.47 Å². The first kappa shape index (κ1) is 18.4. The second kappa shape index (κ2) is 11.0. The molecule has 0 aliphatic carbocycles. The van der Waals surface area contributed by atoms with Crippen LogP contribution in [0.1, 0.15) is 19.4 Å². The van der Waals surface area contributed by atoms with E-state index in [1.165, 1.54) is 11.3 Å². The minimum Gasteiger partial charge on any atom is -0.383 e. The van der Waals surface area contributed by atoms with E-state index in [9.17, 15) is 0 Å². The molecule has 0 spiro atoms. The molecule has 1 rings (SSSR count). The van der Waals surface area contributed by atoms with Crippen molar-refractivity contribution in [3.8, 4) is 0 Å². The van der Waals surface area contributed by atoms with Crippen LogP contribution in [0.3, 0.4) is 0 Å². The van der Waals surface area contributed by atoms with Crippen molar-refractivity contribution < 1.29 is 9.47 Å². The molecule has 0 saturated carbocycles. The molecule has 0 unspecified atom stereocenters. The minimum atomic E-state index is 0.736. The Kier molecular flexibility index (Phi) is 9.67. The quantitative estimate of drug-likeness (QED) is 0.616. The maximum Gasteiger partial charge on any atom is 0.0641 e. The predicted octanol–water partition coefficient (Wildman–Crippen LogP) is 3.05. The number of hydrogen-bond donors (Lipinski definition) is 1. The van der Waals surface area contributed by atoms with E-state index in [-0.39, 0.29) is 0 Å². The lowest BCUT2D eigenvalue weighted by molar-refractivity contribution is 0.154. The molecule has 120 valence electrons. The summed E-state index contributed by atoms with van der Waals surface area (Å²) >= 11 is 3.69. The smallest absolute Gasteiger partial charge is 0.0641 e. The van der Waals surface area contributed by atoms with Crippen LogP contribution in [0.2, 0.25) is 0 Å².